The van der Waals surface area contributed by atoms with Gasteiger partial charge in [-0.2, -0.15) is 0 Å². The molecule has 20 heavy (non-hydrogen) atoms. The Balaban J connectivity index is 2.00. The van der Waals surface area contributed by atoms with Crippen molar-refractivity contribution in [3.63, 3.8) is 0 Å². The van der Waals surface area contributed by atoms with E-state index in [1.54, 1.807) is 12.1 Å². The van der Waals surface area contributed by atoms with Crippen LogP contribution in [0.5, 0.6) is 5.75 Å². The van der Waals surface area contributed by atoms with E-state index in [1.165, 1.54) is 12.4 Å². The Bertz CT molecular complexity index is 605. The zero-order valence-corrected chi connectivity index (χ0v) is 10.5. The summed E-state index contributed by atoms with van der Waals surface area (Å²) in [5.41, 5.74) is 0.427. The van der Waals surface area contributed by atoms with Crippen LogP contribution in [0.2, 0.25) is 0 Å². The third-order valence-corrected chi connectivity index (χ3v) is 2.75. The summed E-state index contributed by atoms with van der Waals surface area (Å²) in [6.07, 6.45) is 2.15. The van der Waals surface area contributed by atoms with Crippen LogP contribution < -0.4 is 5.32 Å². The van der Waals surface area contributed by atoms with Gasteiger partial charge in [0, 0.05) is 18.9 Å². The molecule has 0 aliphatic heterocycles. The Labute approximate surface area is 114 Å². The number of amides is 1. The Morgan fingerprint density at radius 1 is 1.30 bits per heavy atom. The van der Waals surface area contributed by atoms with Crippen LogP contribution in [0.15, 0.2) is 42.7 Å². The highest BCUT2D eigenvalue weighted by atomic mass is 19.1. The minimum absolute atomic E-state index is 0.0567. The molecular weight excluding hydrogens is 263 g/mol. The SMILES string of the molecule is O=C(NCC(O)c1ccncc1)c1cc(F)ccc1O. The lowest BCUT2D eigenvalue weighted by molar-refractivity contribution is 0.0913. The number of phenolic OH excluding ortho intramolecular Hbond substituents is 1. The number of aliphatic hydroxyl groups excluding tert-OH is 1. The van der Waals surface area contributed by atoms with Gasteiger partial charge >= 0.3 is 0 Å². The van der Waals surface area contributed by atoms with Gasteiger partial charge in [-0.05, 0) is 35.9 Å². The van der Waals surface area contributed by atoms with E-state index in [4.69, 9.17) is 0 Å². The van der Waals surface area contributed by atoms with E-state index >= 15 is 0 Å². The molecule has 2 rings (SSSR count). The summed E-state index contributed by atoms with van der Waals surface area (Å²) >= 11 is 0. The molecule has 0 radical (unpaired) electrons. The number of benzene rings is 1. The molecule has 0 bridgehead atoms. The normalized spacial score (nSPS) is 11.9. The van der Waals surface area contributed by atoms with Gasteiger partial charge in [0.05, 0.1) is 11.7 Å². The minimum Gasteiger partial charge on any atom is -0.507 e. The van der Waals surface area contributed by atoms with Gasteiger partial charge in [0.25, 0.3) is 5.91 Å². The molecule has 1 atom stereocenters. The van der Waals surface area contributed by atoms with Gasteiger partial charge in [0.15, 0.2) is 0 Å². The summed E-state index contributed by atoms with van der Waals surface area (Å²) in [6, 6.07) is 6.33. The fourth-order valence-corrected chi connectivity index (χ4v) is 1.68. The number of pyridine rings is 1. The first-order valence-corrected chi connectivity index (χ1v) is 5.92. The second kappa shape index (κ2) is 6.12. The third kappa shape index (κ3) is 3.30. The van der Waals surface area contributed by atoms with Gasteiger partial charge in [-0.1, -0.05) is 0 Å². The van der Waals surface area contributed by atoms with E-state index < -0.39 is 17.8 Å². The average Bonchev–Trinajstić information content (AvgIpc) is 2.47. The van der Waals surface area contributed by atoms with Crippen LogP contribution in [0.3, 0.4) is 0 Å². The number of aromatic nitrogens is 1. The number of rotatable bonds is 4. The molecule has 0 fully saturated rings. The van der Waals surface area contributed by atoms with Gasteiger partial charge in [-0.25, -0.2) is 4.39 Å². The summed E-state index contributed by atoms with van der Waals surface area (Å²) in [6.45, 7) is -0.0567. The first-order valence-electron chi connectivity index (χ1n) is 5.92. The molecule has 0 aliphatic rings. The van der Waals surface area contributed by atoms with Gasteiger partial charge in [0.2, 0.25) is 0 Å². The van der Waals surface area contributed by atoms with E-state index in [2.05, 4.69) is 10.3 Å². The number of phenols is 1. The Hall–Kier alpha value is -2.47. The first kappa shape index (κ1) is 14.0. The van der Waals surface area contributed by atoms with Crippen molar-refractivity contribution in [3.8, 4) is 5.75 Å². The fourth-order valence-electron chi connectivity index (χ4n) is 1.68. The topological polar surface area (TPSA) is 82.5 Å². The maximum atomic E-state index is 13.0. The molecule has 3 N–H and O–H groups in total. The third-order valence-electron chi connectivity index (χ3n) is 2.75. The first-order chi connectivity index (χ1) is 9.58. The standard InChI is InChI=1S/C14H13FN2O3/c15-10-1-2-12(18)11(7-10)14(20)17-8-13(19)9-3-5-16-6-4-9/h1-7,13,18-19H,8H2,(H,17,20). The largest absolute Gasteiger partial charge is 0.507 e. The van der Waals surface area contributed by atoms with E-state index in [0.29, 0.717) is 5.56 Å². The van der Waals surface area contributed by atoms with Crippen LogP contribution in [0, 0.1) is 5.82 Å². The number of carbonyl (C=O) groups excluding carboxylic acids is 1. The van der Waals surface area contributed by atoms with Crippen molar-refractivity contribution < 1.29 is 19.4 Å². The quantitative estimate of drug-likeness (QED) is 0.788. The lowest BCUT2D eigenvalue weighted by Crippen LogP contribution is -2.28. The van der Waals surface area contributed by atoms with Crippen molar-refractivity contribution in [3.05, 3.63) is 59.7 Å². The van der Waals surface area contributed by atoms with Crippen LogP contribution in [-0.2, 0) is 0 Å². The second-order valence-corrected chi connectivity index (χ2v) is 4.17. The number of hydrogen-bond donors (Lipinski definition) is 3. The van der Waals surface area contributed by atoms with Gasteiger partial charge < -0.3 is 15.5 Å². The van der Waals surface area contributed by atoms with E-state index in [9.17, 15) is 19.4 Å². The molecular formula is C14H13FN2O3. The van der Waals surface area contributed by atoms with Crippen LogP contribution >= 0.6 is 0 Å². The van der Waals surface area contributed by atoms with Gasteiger partial charge in [-0.15, -0.1) is 0 Å². The van der Waals surface area contributed by atoms with Crippen molar-refractivity contribution in [1.82, 2.24) is 10.3 Å². The molecule has 0 saturated carbocycles. The zero-order valence-electron chi connectivity index (χ0n) is 10.5. The van der Waals surface area contributed by atoms with Crippen LogP contribution in [-0.4, -0.2) is 27.6 Å². The van der Waals surface area contributed by atoms with E-state index in [-0.39, 0.29) is 17.9 Å². The van der Waals surface area contributed by atoms with E-state index in [0.717, 1.165) is 18.2 Å². The smallest absolute Gasteiger partial charge is 0.255 e. The molecule has 1 unspecified atom stereocenters. The number of aliphatic hydroxyl groups is 1. The average molecular weight is 276 g/mol. The predicted octanol–water partition coefficient (Wildman–Crippen LogP) is 1.39. The van der Waals surface area contributed by atoms with Crippen molar-refractivity contribution in [1.29, 1.82) is 0 Å². The second-order valence-electron chi connectivity index (χ2n) is 4.17. The van der Waals surface area contributed by atoms with Crippen molar-refractivity contribution >= 4 is 5.91 Å². The Morgan fingerprint density at radius 3 is 2.70 bits per heavy atom. The Kier molecular flexibility index (Phi) is 4.27. The van der Waals surface area contributed by atoms with Crippen molar-refractivity contribution in [2.24, 2.45) is 0 Å². The maximum absolute atomic E-state index is 13.0. The molecule has 104 valence electrons. The summed E-state index contributed by atoms with van der Waals surface area (Å²) < 4.78 is 13.0. The summed E-state index contributed by atoms with van der Waals surface area (Å²) in [7, 11) is 0. The summed E-state index contributed by atoms with van der Waals surface area (Å²) in [4.78, 5) is 15.6. The van der Waals surface area contributed by atoms with E-state index in [1.807, 2.05) is 0 Å². The maximum Gasteiger partial charge on any atom is 0.255 e. The molecule has 5 nitrogen and oxygen atoms in total. The minimum atomic E-state index is -0.905. The zero-order chi connectivity index (χ0) is 14.5. The number of carbonyl (C=O) groups is 1. The summed E-state index contributed by atoms with van der Waals surface area (Å²) in [5, 5.41) is 21.8. The van der Waals surface area contributed by atoms with Crippen LogP contribution in [0.25, 0.3) is 0 Å². The number of nitrogens with one attached hydrogen (secondary N) is 1. The molecule has 6 heteroatoms. The number of halogens is 1. The monoisotopic (exact) mass is 276 g/mol. The Morgan fingerprint density at radius 2 is 2.00 bits per heavy atom. The fraction of sp³-hybridized carbons (Fsp3) is 0.143. The van der Waals surface area contributed by atoms with Crippen molar-refractivity contribution in [2.45, 2.75) is 6.10 Å². The highest BCUT2D eigenvalue weighted by Gasteiger charge is 2.14. The lowest BCUT2D eigenvalue weighted by atomic mass is 10.1. The van der Waals surface area contributed by atoms with Crippen molar-refractivity contribution in [2.75, 3.05) is 6.54 Å². The number of nitrogens with zero attached hydrogens (tertiary/aromatic N) is 1. The molecule has 0 spiro atoms. The number of aromatic hydroxyl groups is 1. The molecule has 1 amide bonds. The van der Waals surface area contributed by atoms with Crippen LogP contribution in [0.4, 0.5) is 4.39 Å². The number of hydrogen-bond acceptors (Lipinski definition) is 4. The molecule has 0 saturated heterocycles. The van der Waals surface area contributed by atoms with Gasteiger partial charge in [0.1, 0.15) is 11.6 Å². The molecule has 0 aliphatic carbocycles. The van der Waals surface area contributed by atoms with Gasteiger partial charge in [-0.3, -0.25) is 9.78 Å². The lowest BCUT2D eigenvalue weighted by Gasteiger charge is -2.12. The molecule has 1 aromatic heterocycles. The highest BCUT2D eigenvalue weighted by Crippen LogP contribution is 2.18. The predicted molar refractivity (Wildman–Crippen MR) is 69.6 cm³/mol. The summed E-state index contributed by atoms with van der Waals surface area (Å²) in [5.74, 6) is -1.60. The molecule has 2 aromatic rings. The highest BCUT2D eigenvalue weighted by molar-refractivity contribution is 5.96. The van der Waals surface area contributed by atoms with Crippen LogP contribution in [0.1, 0.15) is 22.0 Å². The molecule has 1 aromatic carbocycles. The molecule has 1 heterocycles.